The van der Waals surface area contributed by atoms with E-state index >= 15 is 0 Å². The van der Waals surface area contributed by atoms with Gasteiger partial charge in [0.15, 0.2) is 5.78 Å². The Morgan fingerprint density at radius 3 is 2.43 bits per heavy atom. The monoisotopic (exact) mass is 475 g/mol. The van der Waals surface area contributed by atoms with Gasteiger partial charge in [0.2, 0.25) is 0 Å². The molecule has 5 heteroatoms. The predicted molar refractivity (Wildman–Crippen MR) is 139 cm³/mol. The molecule has 4 nitrogen and oxygen atoms in total. The van der Waals surface area contributed by atoms with Gasteiger partial charge < -0.3 is 10.1 Å². The van der Waals surface area contributed by atoms with Gasteiger partial charge in [0.25, 0.3) is 0 Å². The van der Waals surface area contributed by atoms with Crippen LogP contribution in [0.1, 0.15) is 42.7 Å². The number of hydrogen-bond acceptors (Lipinski definition) is 5. The van der Waals surface area contributed by atoms with Crippen LogP contribution < -0.4 is 10.1 Å². The van der Waals surface area contributed by atoms with Gasteiger partial charge in [0.05, 0.1) is 22.2 Å². The van der Waals surface area contributed by atoms with Gasteiger partial charge >= 0.3 is 5.97 Å². The van der Waals surface area contributed by atoms with E-state index in [9.17, 15) is 9.59 Å². The molecule has 1 N–H and O–H groups in total. The summed E-state index contributed by atoms with van der Waals surface area (Å²) in [5.41, 5.74) is 6.62. The van der Waals surface area contributed by atoms with Gasteiger partial charge in [-0.25, -0.2) is 4.79 Å². The highest BCUT2D eigenvalue weighted by Gasteiger charge is 2.38. The number of Topliss-reactive ketones (excluding diaryl/α,β-unsaturated/α-hetero) is 1. The van der Waals surface area contributed by atoms with Crippen molar-refractivity contribution < 1.29 is 14.3 Å². The number of aryl methyl sites for hydroxylation is 1. The van der Waals surface area contributed by atoms with Crippen molar-refractivity contribution in [1.82, 2.24) is 0 Å². The zero-order valence-corrected chi connectivity index (χ0v) is 19.8. The molecule has 1 aliphatic carbocycles. The molecule has 170 valence electrons. The Kier molecular flexibility index (Phi) is 5.27. The summed E-state index contributed by atoms with van der Waals surface area (Å²) >= 11 is 1.63. The van der Waals surface area contributed by atoms with Crippen molar-refractivity contribution >= 4 is 34.9 Å². The summed E-state index contributed by atoms with van der Waals surface area (Å²) in [7, 11) is 0. The lowest BCUT2D eigenvalue weighted by atomic mass is 10.0. The zero-order valence-electron chi connectivity index (χ0n) is 18.9. The lowest BCUT2D eigenvalue weighted by molar-refractivity contribution is 0.0734. The number of carbonyl (C=O) groups is 2. The van der Waals surface area contributed by atoms with E-state index in [-0.39, 0.29) is 11.0 Å². The zero-order chi connectivity index (χ0) is 23.9. The van der Waals surface area contributed by atoms with Crippen molar-refractivity contribution in [3.8, 4) is 5.75 Å². The molecule has 0 amide bonds. The number of rotatable bonds is 3. The van der Waals surface area contributed by atoms with Crippen molar-refractivity contribution in [2.45, 2.75) is 17.1 Å². The third-order valence-electron chi connectivity index (χ3n) is 6.27. The largest absolute Gasteiger partial charge is 0.423 e. The molecule has 0 spiro atoms. The molecule has 4 aromatic rings. The number of carbonyl (C=O) groups excluding carboxylic acids is 2. The molecule has 0 saturated carbocycles. The molecule has 0 radical (unpaired) electrons. The first kappa shape index (κ1) is 21.4. The second-order valence-corrected chi connectivity index (χ2v) is 9.76. The molecule has 1 atom stereocenters. The third kappa shape index (κ3) is 3.84. The van der Waals surface area contributed by atoms with Gasteiger partial charge in [-0.3, -0.25) is 4.79 Å². The summed E-state index contributed by atoms with van der Waals surface area (Å²) in [5, 5.41) is 3.27. The molecular weight excluding hydrogens is 454 g/mol. The smallest absolute Gasteiger partial charge is 0.343 e. The number of ether oxygens (including phenoxy) is 1. The van der Waals surface area contributed by atoms with Crippen LogP contribution in [0.5, 0.6) is 5.75 Å². The van der Waals surface area contributed by atoms with E-state index in [1.54, 1.807) is 30.0 Å². The highest BCUT2D eigenvalue weighted by atomic mass is 32.2. The second-order valence-electron chi connectivity index (χ2n) is 8.61. The Labute approximate surface area is 207 Å². The Hall–Kier alpha value is -4.09. The fourth-order valence-corrected chi connectivity index (χ4v) is 5.79. The number of anilines is 1. The van der Waals surface area contributed by atoms with Crippen LogP contribution in [0.25, 0.3) is 5.70 Å². The van der Waals surface area contributed by atoms with Gasteiger partial charge in [-0.05, 0) is 48.9 Å². The van der Waals surface area contributed by atoms with Crippen LogP contribution in [-0.4, -0.2) is 11.8 Å². The van der Waals surface area contributed by atoms with Crippen LogP contribution >= 0.6 is 11.8 Å². The number of thioether (sulfide) groups is 1. The van der Waals surface area contributed by atoms with E-state index in [4.69, 9.17) is 4.74 Å². The number of fused-ring (bicyclic) bond motifs is 3. The van der Waals surface area contributed by atoms with E-state index in [1.165, 1.54) is 0 Å². The van der Waals surface area contributed by atoms with Gasteiger partial charge in [0.1, 0.15) is 5.75 Å². The number of para-hydroxylation sites is 1. The highest BCUT2D eigenvalue weighted by Crippen LogP contribution is 2.52. The number of benzene rings is 4. The minimum atomic E-state index is -0.410. The molecule has 1 unspecified atom stereocenters. The molecule has 0 aromatic heterocycles. The molecule has 0 saturated heterocycles. The summed E-state index contributed by atoms with van der Waals surface area (Å²) in [5.74, 6) is 0.0617. The van der Waals surface area contributed by atoms with Crippen LogP contribution in [0.2, 0.25) is 0 Å². The molecule has 1 aliphatic heterocycles. The molecule has 0 bridgehead atoms. The van der Waals surface area contributed by atoms with Crippen LogP contribution in [0.4, 0.5) is 5.69 Å². The SMILES string of the molecule is Cc1ccc(C(=O)Oc2cccc(C3Sc4ccccc4NC4=C3C(=O)c3ccccc34)c2)cc1. The van der Waals surface area contributed by atoms with Gasteiger partial charge in [0, 0.05) is 21.6 Å². The maximum atomic E-state index is 13.6. The molecule has 4 aromatic carbocycles. The first-order valence-electron chi connectivity index (χ1n) is 11.4. The average Bonchev–Trinajstić information content (AvgIpc) is 3.04. The van der Waals surface area contributed by atoms with E-state index in [0.717, 1.165) is 38.5 Å². The summed E-state index contributed by atoms with van der Waals surface area (Å²) in [6.07, 6.45) is 0. The summed E-state index contributed by atoms with van der Waals surface area (Å²) in [6.45, 7) is 1.97. The quantitative estimate of drug-likeness (QED) is 0.253. The normalized spacial score (nSPS) is 16.0. The molecule has 6 rings (SSSR count). The fraction of sp³-hybridized carbons (Fsp3) is 0.0667. The second kappa shape index (κ2) is 8.60. The Morgan fingerprint density at radius 2 is 1.60 bits per heavy atom. The van der Waals surface area contributed by atoms with Crippen LogP contribution in [0.15, 0.2) is 108 Å². The van der Waals surface area contributed by atoms with Crippen LogP contribution in [0, 0.1) is 6.92 Å². The van der Waals surface area contributed by atoms with Gasteiger partial charge in [-0.1, -0.05) is 66.2 Å². The van der Waals surface area contributed by atoms with E-state index in [1.807, 2.05) is 79.7 Å². The Balaban J connectivity index is 1.41. The maximum absolute atomic E-state index is 13.6. The number of nitrogens with one attached hydrogen (secondary N) is 1. The summed E-state index contributed by atoms with van der Waals surface area (Å²) < 4.78 is 5.71. The number of hydrogen-bond donors (Lipinski definition) is 1. The fourth-order valence-electron chi connectivity index (χ4n) is 4.51. The topological polar surface area (TPSA) is 55.4 Å². The molecule has 2 aliphatic rings. The molecule has 1 heterocycles. The first-order chi connectivity index (χ1) is 17.1. The van der Waals surface area contributed by atoms with Crippen LogP contribution in [0.3, 0.4) is 0 Å². The van der Waals surface area contributed by atoms with Crippen molar-refractivity contribution in [2.24, 2.45) is 0 Å². The molecular formula is C30H21NO3S. The maximum Gasteiger partial charge on any atom is 0.343 e. The average molecular weight is 476 g/mol. The van der Waals surface area contributed by atoms with E-state index in [2.05, 4.69) is 11.4 Å². The minimum absolute atomic E-state index is 0.0236. The summed E-state index contributed by atoms with van der Waals surface area (Å²) in [6, 6.07) is 30.5. The van der Waals surface area contributed by atoms with Gasteiger partial charge in [-0.2, -0.15) is 0 Å². The minimum Gasteiger partial charge on any atom is -0.423 e. The van der Waals surface area contributed by atoms with Crippen LogP contribution in [-0.2, 0) is 0 Å². The van der Waals surface area contributed by atoms with Crippen molar-refractivity contribution in [2.75, 3.05) is 5.32 Å². The van der Waals surface area contributed by atoms with E-state index in [0.29, 0.717) is 16.9 Å². The first-order valence-corrected chi connectivity index (χ1v) is 12.3. The molecule has 35 heavy (non-hydrogen) atoms. The standard InChI is InChI=1S/C30H21NO3S/c1-18-13-15-19(16-14-18)30(33)34-21-8-6-7-20(17-21)29-26-27(22-9-2-3-10-23(22)28(26)32)31-24-11-4-5-12-25(24)35-29/h2-17,29,31H,1H3. The highest BCUT2D eigenvalue weighted by molar-refractivity contribution is 8.00. The van der Waals surface area contributed by atoms with Crippen molar-refractivity contribution in [1.29, 1.82) is 0 Å². The van der Waals surface area contributed by atoms with E-state index < -0.39 is 5.97 Å². The summed E-state index contributed by atoms with van der Waals surface area (Å²) in [4.78, 5) is 27.4. The lowest BCUT2D eigenvalue weighted by Gasteiger charge is -2.18. The van der Waals surface area contributed by atoms with Crippen molar-refractivity contribution in [3.05, 3.63) is 130 Å². The lowest BCUT2D eigenvalue weighted by Crippen LogP contribution is -2.10. The van der Waals surface area contributed by atoms with Gasteiger partial charge in [-0.15, -0.1) is 11.8 Å². The Bertz CT molecular complexity index is 1520. The third-order valence-corrected chi connectivity index (χ3v) is 7.62. The number of ketones is 1. The number of esters is 1. The Morgan fingerprint density at radius 1 is 0.857 bits per heavy atom. The van der Waals surface area contributed by atoms with Crippen molar-refractivity contribution in [3.63, 3.8) is 0 Å². The molecule has 0 fully saturated rings. The predicted octanol–water partition coefficient (Wildman–Crippen LogP) is 7.08.